The molecule has 0 radical (unpaired) electrons. The topological polar surface area (TPSA) is 46.9 Å². The summed E-state index contributed by atoms with van der Waals surface area (Å²) in [5, 5.41) is 3.04. The number of amides is 1. The van der Waals surface area contributed by atoms with Crippen LogP contribution in [0.25, 0.3) is 0 Å². The van der Waals surface area contributed by atoms with Crippen molar-refractivity contribution in [3.63, 3.8) is 0 Å². The lowest BCUT2D eigenvalue weighted by Gasteiger charge is -2.23. The molecule has 4 nitrogen and oxygen atoms in total. The molecule has 104 valence electrons. The van der Waals surface area contributed by atoms with Crippen LogP contribution in [0.1, 0.15) is 23.2 Å². The standard InChI is InChI=1S/C16H19N3O/c1-12-2-4-13(5-3-12)9-18-16(20)14-6-7-19-11-17-10-15(19)8-14/h2-5,10-11,14H,6-9H2,1H3,(H,18,20). The van der Waals surface area contributed by atoms with Gasteiger partial charge in [-0.15, -0.1) is 0 Å². The van der Waals surface area contributed by atoms with Gasteiger partial charge in [0.25, 0.3) is 0 Å². The molecule has 0 spiro atoms. The summed E-state index contributed by atoms with van der Waals surface area (Å²) in [4.78, 5) is 16.4. The van der Waals surface area contributed by atoms with Gasteiger partial charge in [0.2, 0.25) is 5.91 Å². The van der Waals surface area contributed by atoms with E-state index in [9.17, 15) is 4.79 Å². The highest BCUT2D eigenvalue weighted by molar-refractivity contribution is 5.79. The molecule has 1 amide bonds. The molecule has 3 rings (SSSR count). The molecule has 1 aliphatic rings. The van der Waals surface area contributed by atoms with Crippen molar-refractivity contribution in [2.24, 2.45) is 5.92 Å². The van der Waals surface area contributed by atoms with E-state index in [1.54, 1.807) is 0 Å². The van der Waals surface area contributed by atoms with Gasteiger partial charge in [-0.25, -0.2) is 4.98 Å². The highest BCUT2D eigenvalue weighted by atomic mass is 16.1. The van der Waals surface area contributed by atoms with Crippen LogP contribution in [0.2, 0.25) is 0 Å². The summed E-state index contributed by atoms with van der Waals surface area (Å²) in [6, 6.07) is 8.26. The van der Waals surface area contributed by atoms with E-state index >= 15 is 0 Å². The Balaban J connectivity index is 1.56. The van der Waals surface area contributed by atoms with Gasteiger partial charge in [-0.1, -0.05) is 29.8 Å². The van der Waals surface area contributed by atoms with Crippen molar-refractivity contribution >= 4 is 5.91 Å². The van der Waals surface area contributed by atoms with Crippen molar-refractivity contribution in [3.05, 3.63) is 53.6 Å². The number of rotatable bonds is 3. The minimum atomic E-state index is 0.0737. The molecule has 1 aliphatic heterocycles. The summed E-state index contributed by atoms with van der Waals surface area (Å²) in [5.74, 6) is 0.225. The Bertz CT molecular complexity index is 600. The number of aryl methyl sites for hydroxylation is 2. The molecule has 4 heteroatoms. The predicted octanol–water partition coefficient (Wildman–Crippen LogP) is 2.07. The first-order chi connectivity index (χ1) is 9.72. The number of fused-ring (bicyclic) bond motifs is 1. The molecule has 1 aromatic carbocycles. The van der Waals surface area contributed by atoms with Gasteiger partial charge in [-0.2, -0.15) is 0 Å². The van der Waals surface area contributed by atoms with Crippen molar-refractivity contribution in [1.82, 2.24) is 14.9 Å². The molecular formula is C16H19N3O. The van der Waals surface area contributed by atoms with Crippen LogP contribution in [-0.4, -0.2) is 15.5 Å². The normalized spacial score (nSPS) is 17.6. The van der Waals surface area contributed by atoms with Gasteiger partial charge < -0.3 is 9.88 Å². The van der Waals surface area contributed by atoms with Crippen LogP contribution in [0.3, 0.4) is 0 Å². The zero-order valence-corrected chi connectivity index (χ0v) is 11.7. The number of imidazole rings is 1. The number of aromatic nitrogens is 2. The van der Waals surface area contributed by atoms with Crippen molar-refractivity contribution in [1.29, 1.82) is 0 Å². The van der Waals surface area contributed by atoms with Gasteiger partial charge in [0.1, 0.15) is 0 Å². The smallest absolute Gasteiger partial charge is 0.223 e. The summed E-state index contributed by atoms with van der Waals surface area (Å²) in [6.45, 7) is 3.56. The van der Waals surface area contributed by atoms with E-state index in [1.165, 1.54) is 5.56 Å². The molecule has 0 fully saturated rings. The molecule has 0 saturated heterocycles. The second-order valence-corrected chi connectivity index (χ2v) is 5.47. The van der Waals surface area contributed by atoms with Gasteiger partial charge in [-0.3, -0.25) is 4.79 Å². The Morgan fingerprint density at radius 2 is 2.20 bits per heavy atom. The van der Waals surface area contributed by atoms with Gasteiger partial charge in [-0.05, 0) is 18.9 Å². The van der Waals surface area contributed by atoms with E-state index in [0.717, 1.165) is 30.6 Å². The van der Waals surface area contributed by atoms with Crippen LogP contribution >= 0.6 is 0 Å². The first kappa shape index (κ1) is 12.9. The summed E-state index contributed by atoms with van der Waals surface area (Å²) < 4.78 is 2.13. The molecule has 1 N–H and O–H groups in total. The maximum Gasteiger partial charge on any atom is 0.223 e. The first-order valence-electron chi connectivity index (χ1n) is 7.04. The molecule has 2 aromatic rings. The van der Waals surface area contributed by atoms with E-state index < -0.39 is 0 Å². The third-order valence-electron chi connectivity index (χ3n) is 3.93. The average molecular weight is 269 g/mol. The number of hydrogen-bond donors (Lipinski definition) is 1. The lowest BCUT2D eigenvalue weighted by Crippen LogP contribution is -2.34. The largest absolute Gasteiger partial charge is 0.352 e. The molecule has 0 aliphatic carbocycles. The highest BCUT2D eigenvalue weighted by Gasteiger charge is 2.24. The second-order valence-electron chi connectivity index (χ2n) is 5.47. The number of nitrogens with one attached hydrogen (secondary N) is 1. The summed E-state index contributed by atoms with van der Waals surface area (Å²) in [7, 11) is 0. The third-order valence-corrected chi connectivity index (χ3v) is 3.93. The average Bonchev–Trinajstić information content (AvgIpc) is 2.93. The maximum atomic E-state index is 12.2. The Hall–Kier alpha value is -2.10. The maximum absolute atomic E-state index is 12.2. The third kappa shape index (κ3) is 2.74. The Morgan fingerprint density at radius 1 is 1.40 bits per heavy atom. The zero-order valence-electron chi connectivity index (χ0n) is 11.7. The number of benzene rings is 1. The quantitative estimate of drug-likeness (QED) is 0.927. The van der Waals surface area contributed by atoms with Crippen molar-refractivity contribution in [2.75, 3.05) is 0 Å². The van der Waals surface area contributed by atoms with Crippen LogP contribution in [0, 0.1) is 12.8 Å². The molecule has 20 heavy (non-hydrogen) atoms. The van der Waals surface area contributed by atoms with E-state index in [0.29, 0.717) is 6.54 Å². The van der Waals surface area contributed by atoms with Crippen LogP contribution in [-0.2, 0) is 24.3 Å². The SMILES string of the molecule is Cc1ccc(CNC(=O)C2CCn3cncc3C2)cc1. The molecule has 1 unspecified atom stereocenters. The summed E-state index contributed by atoms with van der Waals surface area (Å²) in [5.41, 5.74) is 3.54. The number of carbonyl (C=O) groups excluding carboxylic acids is 1. The fourth-order valence-electron chi connectivity index (χ4n) is 2.63. The van der Waals surface area contributed by atoms with Crippen LogP contribution in [0.5, 0.6) is 0 Å². The lowest BCUT2D eigenvalue weighted by atomic mass is 9.95. The Kier molecular flexibility index (Phi) is 3.54. The van der Waals surface area contributed by atoms with Crippen molar-refractivity contribution < 1.29 is 4.79 Å². The fraction of sp³-hybridized carbons (Fsp3) is 0.375. The monoisotopic (exact) mass is 269 g/mol. The molecule has 1 atom stereocenters. The number of carbonyl (C=O) groups is 1. The van der Waals surface area contributed by atoms with Crippen LogP contribution in [0.4, 0.5) is 0 Å². The number of nitrogens with zero attached hydrogens (tertiary/aromatic N) is 2. The number of hydrogen-bond acceptors (Lipinski definition) is 2. The van der Waals surface area contributed by atoms with Gasteiger partial charge >= 0.3 is 0 Å². The van der Waals surface area contributed by atoms with Crippen LogP contribution < -0.4 is 5.32 Å². The second kappa shape index (κ2) is 5.49. The lowest BCUT2D eigenvalue weighted by molar-refractivity contribution is -0.125. The predicted molar refractivity (Wildman–Crippen MR) is 77.1 cm³/mol. The Morgan fingerprint density at radius 3 is 3.00 bits per heavy atom. The van der Waals surface area contributed by atoms with Crippen LogP contribution in [0.15, 0.2) is 36.8 Å². The van der Waals surface area contributed by atoms with Gasteiger partial charge in [0.05, 0.1) is 6.33 Å². The molecule has 1 aromatic heterocycles. The van der Waals surface area contributed by atoms with E-state index in [4.69, 9.17) is 0 Å². The molecule has 0 bridgehead atoms. The van der Waals surface area contributed by atoms with E-state index in [-0.39, 0.29) is 11.8 Å². The van der Waals surface area contributed by atoms with Crippen molar-refractivity contribution in [2.45, 2.75) is 32.9 Å². The minimum absolute atomic E-state index is 0.0737. The Labute approximate surface area is 118 Å². The minimum Gasteiger partial charge on any atom is -0.352 e. The zero-order chi connectivity index (χ0) is 13.9. The van der Waals surface area contributed by atoms with Crippen molar-refractivity contribution in [3.8, 4) is 0 Å². The fourth-order valence-corrected chi connectivity index (χ4v) is 2.63. The molecular weight excluding hydrogens is 250 g/mol. The highest BCUT2D eigenvalue weighted by Crippen LogP contribution is 2.20. The van der Waals surface area contributed by atoms with E-state index in [1.807, 2.05) is 12.5 Å². The summed E-state index contributed by atoms with van der Waals surface area (Å²) >= 11 is 0. The van der Waals surface area contributed by atoms with Gasteiger partial charge in [0.15, 0.2) is 0 Å². The van der Waals surface area contributed by atoms with Gasteiger partial charge in [0, 0.05) is 37.3 Å². The molecule has 2 heterocycles. The van der Waals surface area contributed by atoms with E-state index in [2.05, 4.69) is 46.1 Å². The molecule has 0 saturated carbocycles. The summed E-state index contributed by atoms with van der Waals surface area (Å²) in [6.07, 6.45) is 5.39. The first-order valence-corrected chi connectivity index (χ1v) is 7.04.